The van der Waals surface area contributed by atoms with Crippen molar-refractivity contribution in [3.63, 3.8) is 0 Å². The van der Waals surface area contributed by atoms with Crippen molar-refractivity contribution < 1.29 is 0 Å². The van der Waals surface area contributed by atoms with Gasteiger partial charge in [-0.3, -0.25) is 0 Å². The SMILES string of the molecule is Cc1ccc(C)c(NC(C)CC(N)=S)c1. The van der Waals surface area contributed by atoms with Crippen molar-refractivity contribution in [2.75, 3.05) is 5.32 Å². The topological polar surface area (TPSA) is 38.0 Å². The van der Waals surface area contributed by atoms with Gasteiger partial charge in [0, 0.05) is 18.2 Å². The van der Waals surface area contributed by atoms with Crippen LogP contribution >= 0.6 is 12.2 Å². The molecular weight excluding hydrogens is 204 g/mol. The fraction of sp³-hybridized carbons (Fsp3) is 0.417. The van der Waals surface area contributed by atoms with Gasteiger partial charge in [0.1, 0.15) is 0 Å². The molecule has 0 fully saturated rings. The van der Waals surface area contributed by atoms with Gasteiger partial charge in [-0.15, -0.1) is 0 Å². The summed E-state index contributed by atoms with van der Waals surface area (Å²) in [5.74, 6) is 0. The molecule has 0 aliphatic rings. The molecular formula is C12H18N2S. The first-order valence-electron chi connectivity index (χ1n) is 5.11. The van der Waals surface area contributed by atoms with E-state index in [0.717, 1.165) is 6.42 Å². The summed E-state index contributed by atoms with van der Waals surface area (Å²) in [7, 11) is 0. The maximum absolute atomic E-state index is 5.51. The van der Waals surface area contributed by atoms with Crippen LogP contribution in [0.4, 0.5) is 5.69 Å². The van der Waals surface area contributed by atoms with E-state index in [9.17, 15) is 0 Å². The lowest BCUT2D eigenvalue weighted by Crippen LogP contribution is -2.23. The normalized spacial score (nSPS) is 12.2. The number of nitrogens with one attached hydrogen (secondary N) is 1. The number of aryl methyl sites for hydroxylation is 2. The Labute approximate surface area is 96.9 Å². The summed E-state index contributed by atoms with van der Waals surface area (Å²) in [5.41, 5.74) is 9.17. The fourth-order valence-electron chi connectivity index (χ4n) is 1.51. The monoisotopic (exact) mass is 222 g/mol. The average molecular weight is 222 g/mol. The Morgan fingerprint density at radius 3 is 2.73 bits per heavy atom. The molecule has 1 aromatic rings. The molecule has 0 radical (unpaired) electrons. The third-order valence-electron chi connectivity index (χ3n) is 2.30. The van der Waals surface area contributed by atoms with E-state index in [2.05, 4.69) is 44.3 Å². The Bertz CT molecular complexity index is 361. The van der Waals surface area contributed by atoms with Crippen molar-refractivity contribution in [2.24, 2.45) is 5.73 Å². The van der Waals surface area contributed by atoms with E-state index in [-0.39, 0.29) is 6.04 Å². The predicted octanol–water partition coefficient (Wildman–Crippen LogP) is 2.78. The predicted molar refractivity (Wildman–Crippen MR) is 70.4 cm³/mol. The van der Waals surface area contributed by atoms with Gasteiger partial charge in [0.15, 0.2) is 0 Å². The third-order valence-corrected chi connectivity index (χ3v) is 2.47. The van der Waals surface area contributed by atoms with Gasteiger partial charge in [0.2, 0.25) is 0 Å². The van der Waals surface area contributed by atoms with Crippen molar-refractivity contribution in [1.29, 1.82) is 0 Å². The second-order valence-electron chi connectivity index (χ2n) is 4.03. The zero-order valence-corrected chi connectivity index (χ0v) is 10.3. The highest BCUT2D eigenvalue weighted by molar-refractivity contribution is 7.80. The minimum absolute atomic E-state index is 0.281. The van der Waals surface area contributed by atoms with Crippen molar-refractivity contribution in [1.82, 2.24) is 0 Å². The van der Waals surface area contributed by atoms with Crippen LogP contribution in [0.1, 0.15) is 24.5 Å². The first-order chi connectivity index (χ1) is 6.99. The molecule has 0 heterocycles. The van der Waals surface area contributed by atoms with Crippen molar-refractivity contribution >= 4 is 22.9 Å². The number of rotatable bonds is 4. The molecule has 82 valence electrons. The summed E-state index contributed by atoms with van der Waals surface area (Å²) in [6, 6.07) is 6.65. The summed E-state index contributed by atoms with van der Waals surface area (Å²) in [6.45, 7) is 6.26. The summed E-state index contributed by atoms with van der Waals surface area (Å²) >= 11 is 4.88. The van der Waals surface area contributed by atoms with Crippen molar-refractivity contribution in [3.8, 4) is 0 Å². The van der Waals surface area contributed by atoms with Gasteiger partial charge in [0.25, 0.3) is 0 Å². The van der Waals surface area contributed by atoms with Crippen LogP contribution in [0.25, 0.3) is 0 Å². The van der Waals surface area contributed by atoms with E-state index in [1.54, 1.807) is 0 Å². The molecule has 0 aliphatic heterocycles. The number of benzene rings is 1. The summed E-state index contributed by atoms with van der Waals surface area (Å²) in [5, 5.41) is 3.41. The smallest absolute Gasteiger partial charge is 0.0747 e. The number of hydrogen-bond donors (Lipinski definition) is 2. The number of anilines is 1. The van der Waals surface area contributed by atoms with Gasteiger partial charge in [-0.25, -0.2) is 0 Å². The Hall–Kier alpha value is -1.09. The second-order valence-corrected chi connectivity index (χ2v) is 4.56. The molecule has 2 nitrogen and oxygen atoms in total. The number of thiocarbonyl (C=S) groups is 1. The number of nitrogens with two attached hydrogens (primary N) is 1. The highest BCUT2D eigenvalue weighted by Gasteiger charge is 2.05. The van der Waals surface area contributed by atoms with Crippen LogP contribution in [0.5, 0.6) is 0 Å². The van der Waals surface area contributed by atoms with E-state index >= 15 is 0 Å². The molecule has 0 aromatic heterocycles. The Kier molecular flexibility index (Phi) is 4.09. The molecule has 3 N–H and O–H groups in total. The molecule has 0 aliphatic carbocycles. The van der Waals surface area contributed by atoms with Crippen molar-refractivity contribution in [3.05, 3.63) is 29.3 Å². The van der Waals surface area contributed by atoms with Gasteiger partial charge < -0.3 is 11.1 Å². The zero-order chi connectivity index (χ0) is 11.4. The largest absolute Gasteiger partial charge is 0.393 e. The lowest BCUT2D eigenvalue weighted by atomic mass is 10.1. The van der Waals surface area contributed by atoms with Crippen LogP contribution in [-0.4, -0.2) is 11.0 Å². The third kappa shape index (κ3) is 3.88. The Morgan fingerprint density at radius 1 is 1.47 bits per heavy atom. The molecule has 0 spiro atoms. The highest BCUT2D eigenvalue weighted by Crippen LogP contribution is 2.17. The molecule has 1 unspecified atom stereocenters. The van der Waals surface area contributed by atoms with Gasteiger partial charge in [0.05, 0.1) is 4.99 Å². The molecule has 0 bridgehead atoms. The Morgan fingerprint density at radius 2 is 2.13 bits per heavy atom. The van der Waals surface area contributed by atoms with E-state index in [1.165, 1.54) is 16.8 Å². The van der Waals surface area contributed by atoms with Crippen LogP contribution in [0.3, 0.4) is 0 Å². The maximum Gasteiger partial charge on any atom is 0.0747 e. The van der Waals surface area contributed by atoms with E-state index in [4.69, 9.17) is 18.0 Å². The lowest BCUT2D eigenvalue weighted by Gasteiger charge is -2.16. The molecule has 0 amide bonds. The average Bonchev–Trinajstić information content (AvgIpc) is 2.10. The van der Waals surface area contributed by atoms with Crippen LogP contribution in [0, 0.1) is 13.8 Å². The van der Waals surface area contributed by atoms with E-state index in [0.29, 0.717) is 4.99 Å². The first kappa shape index (κ1) is 12.0. The first-order valence-corrected chi connectivity index (χ1v) is 5.52. The quantitative estimate of drug-likeness (QED) is 0.769. The molecule has 15 heavy (non-hydrogen) atoms. The minimum atomic E-state index is 0.281. The van der Waals surface area contributed by atoms with Crippen LogP contribution in [-0.2, 0) is 0 Å². The van der Waals surface area contributed by atoms with Crippen LogP contribution in [0.15, 0.2) is 18.2 Å². The molecule has 1 atom stereocenters. The summed E-state index contributed by atoms with van der Waals surface area (Å²) in [6.07, 6.45) is 0.725. The summed E-state index contributed by atoms with van der Waals surface area (Å²) < 4.78 is 0. The minimum Gasteiger partial charge on any atom is -0.393 e. The van der Waals surface area contributed by atoms with Gasteiger partial charge in [-0.1, -0.05) is 24.4 Å². The zero-order valence-electron chi connectivity index (χ0n) is 9.50. The molecule has 1 aromatic carbocycles. The molecule has 1 rings (SSSR count). The van der Waals surface area contributed by atoms with E-state index < -0.39 is 0 Å². The highest BCUT2D eigenvalue weighted by atomic mass is 32.1. The fourth-order valence-corrected chi connectivity index (χ4v) is 1.76. The van der Waals surface area contributed by atoms with Crippen LogP contribution < -0.4 is 11.1 Å². The standard InChI is InChI=1S/C12H18N2S/c1-8-4-5-9(2)11(6-8)14-10(3)7-12(13)15/h4-6,10,14H,7H2,1-3H3,(H2,13,15). The van der Waals surface area contributed by atoms with Gasteiger partial charge in [-0.05, 0) is 38.0 Å². The maximum atomic E-state index is 5.51. The second kappa shape index (κ2) is 5.12. The van der Waals surface area contributed by atoms with Gasteiger partial charge >= 0.3 is 0 Å². The number of hydrogen-bond acceptors (Lipinski definition) is 2. The van der Waals surface area contributed by atoms with E-state index in [1.807, 2.05) is 0 Å². The molecule has 0 saturated carbocycles. The molecule has 3 heteroatoms. The lowest BCUT2D eigenvalue weighted by molar-refractivity contribution is 0.837. The van der Waals surface area contributed by atoms with Gasteiger partial charge in [-0.2, -0.15) is 0 Å². The Balaban J connectivity index is 2.71. The summed E-state index contributed by atoms with van der Waals surface area (Å²) in [4.78, 5) is 0.556. The van der Waals surface area contributed by atoms with Crippen LogP contribution in [0.2, 0.25) is 0 Å². The molecule has 0 saturated heterocycles. The van der Waals surface area contributed by atoms with Crippen molar-refractivity contribution in [2.45, 2.75) is 33.2 Å².